The summed E-state index contributed by atoms with van der Waals surface area (Å²) >= 11 is 0. The lowest BCUT2D eigenvalue weighted by Gasteiger charge is -2.15. The van der Waals surface area contributed by atoms with Crippen molar-refractivity contribution in [1.29, 1.82) is 0 Å². The molecule has 0 saturated heterocycles. The van der Waals surface area contributed by atoms with Gasteiger partial charge in [0.1, 0.15) is 17.2 Å². The lowest BCUT2D eigenvalue weighted by Crippen LogP contribution is -2.16. The van der Waals surface area contributed by atoms with Crippen LogP contribution in [0, 0.1) is 0 Å². The van der Waals surface area contributed by atoms with E-state index >= 15 is 0 Å². The number of anilines is 1. The molecule has 11 nitrogen and oxygen atoms in total. The molecule has 0 aliphatic heterocycles. The number of benzene rings is 2. The Kier molecular flexibility index (Phi) is 8.05. The summed E-state index contributed by atoms with van der Waals surface area (Å²) < 4.78 is 21.4. The van der Waals surface area contributed by atoms with Gasteiger partial charge in [-0.2, -0.15) is 0 Å². The van der Waals surface area contributed by atoms with Gasteiger partial charge in [0, 0.05) is 18.1 Å². The number of carbonyl (C=O) groups excluding carboxylic acids is 2. The number of hydrogen-bond acceptors (Lipinski definition) is 10. The molecule has 0 fully saturated rings. The number of amides is 1. The molecule has 36 heavy (non-hydrogen) atoms. The third kappa shape index (κ3) is 5.05. The summed E-state index contributed by atoms with van der Waals surface area (Å²) in [5.74, 6) is -0.871. The summed E-state index contributed by atoms with van der Waals surface area (Å²) in [6.07, 6.45) is -0.0438. The number of aromatic hydroxyl groups is 2. The Hall–Kier alpha value is -4.25. The lowest BCUT2D eigenvalue weighted by molar-refractivity contribution is 0.0977. The Bertz CT molecular complexity index is 1260. The van der Waals surface area contributed by atoms with Crippen LogP contribution in [-0.2, 0) is 0 Å². The van der Waals surface area contributed by atoms with Crippen molar-refractivity contribution in [1.82, 2.24) is 5.16 Å². The van der Waals surface area contributed by atoms with Crippen LogP contribution in [0.3, 0.4) is 0 Å². The van der Waals surface area contributed by atoms with Gasteiger partial charge in [0.15, 0.2) is 28.7 Å². The van der Waals surface area contributed by atoms with Crippen molar-refractivity contribution in [2.24, 2.45) is 5.73 Å². The van der Waals surface area contributed by atoms with Crippen molar-refractivity contribution in [3.8, 4) is 40.1 Å². The lowest BCUT2D eigenvalue weighted by atomic mass is 9.97. The topological polar surface area (TPSA) is 166 Å². The van der Waals surface area contributed by atoms with Gasteiger partial charge in [0.25, 0.3) is 5.91 Å². The van der Waals surface area contributed by atoms with Crippen LogP contribution < -0.4 is 25.3 Å². The zero-order valence-corrected chi connectivity index (χ0v) is 20.7. The molecule has 0 aliphatic rings. The van der Waals surface area contributed by atoms with Crippen molar-refractivity contribution in [3.05, 3.63) is 41.1 Å². The van der Waals surface area contributed by atoms with Crippen LogP contribution in [0.15, 0.2) is 28.8 Å². The number of aromatic nitrogens is 1. The molecule has 0 aliphatic carbocycles. The summed E-state index contributed by atoms with van der Waals surface area (Å²) in [7, 11) is 4.27. The number of ketones is 1. The first-order chi connectivity index (χ1) is 17.2. The molecule has 1 amide bonds. The van der Waals surface area contributed by atoms with Gasteiger partial charge in [0.2, 0.25) is 5.75 Å². The van der Waals surface area contributed by atoms with E-state index in [0.29, 0.717) is 11.3 Å². The molecule has 0 atom stereocenters. The van der Waals surface area contributed by atoms with Crippen LogP contribution in [-0.4, -0.2) is 54.9 Å². The second kappa shape index (κ2) is 11.0. The molecule has 0 unspecified atom stereocenters. The first-order valence-electron chi connectivity index (χ1n) is 11.1. The first-order valence-corrected chi connectivity index (χ1v) is 11.1. The Labute approximate surface area is 207 Å². The molecule has 1 heterocycles. The molecule has 192 valence electrons. The van der Waals surface area contributed by atoms with Crippen LogP contribution in [0.5, 0.6) is 28.7 Å². The van der Waals surface area contributed by atoms with Crippen LogP contribution in [0.4, 0.5) is 5.69 Å². The monoisotopic (exact) mass is 499 g/mol. The van der Waals surface area contributed by atoms with Crippen molar-refractivity contribution in [3.63, 3.8) is 0 Å². The zero-order valence-electron chi connectivity index (χ0n) is 20.7. The summed E-state index contributed by atoms with van der Waals surface area (Å²) in [5, 5.41) is 27.3. The molecule has 0 bridgehead atoms. The number of phenolic OH excluding ortho intramolecular Hbond substituents is 2. The molecule has 0 radical (unpaired) electrons. The zero-order chi connectivity index (χ0) is 26.6. The predicted octanol–water partition coefficient (Wildman–Crippen LogP) is 3.69. The minimum Gasteiger partial charge on any atom is -0.508 e. The molecule has 3 aromatic rings. The van der Waals surface area contributed by atoms with Gasteiger partial charge >= 0.3 is 0 Å². The Morgan fingerprint density at radius 1 is 1.03 bits per heavy atom. The maximum absolute atomic E-state index is 13.3. The summed E-state index contributed by atoms with van der Waals surface area (Å²) in [6, 6.07) is 5.57. The summed E-state index contributed by atoms with van der Waals surface area (Å²) in [5.41, 5.74) is 6.12. The van der Waals surface area contributed by atoms with E-state index in [0.717, 1.165) is 0 Å². The van der Waals surface area contributed by atoms with Crippen LogP contribution in [0.25, 0.3) is 11.3 Å². The molecule has 0 saturated carbocycles. The number of methoxy groups -OCH3 is 3. The van der Waals surface area contributed by atoms with Crippen molar-refractivity contribution >= 4 is 17.4 Å². The molecule has 5 N–H and O–H groups in total. The second-order valence-electron chi connectivity index (χ2n) is 8.15. The highest BCUT2D eigenvalue weighted by molar-refractivity contribution is 6.11. The molecular weight excluding hydrogens is 470 g/mol. The number of nitrogens with two attached hydrogens (primary N) is 1. The number of hydrogen-bond donors (Lipinski definition) is 4. The number of nitrogens with one attached hydrogen (secondary N) is 1. The van der Waals surface area contributed by atoms with Crippen molar-refractivity contribution in [2.45, 2.75) is 26.2 Å². The Balaban J connectivity index is 2.15. The Morgan fingerprint density at radius 3 is 2.19 bits per heavy atom. The number of ether oxygens (including phenoxy) is 3. The van der Waals surface area contributed by atoms with E-state index in [9.17, 15) is 19.8 Å². The fourth-order valence-corrected chi connectivity index (χ4v) is 3.67. The molecule has 1 aromatic heterocycles. The second-order valence-corrected chi connectivity index (χ2v) is 8.15. The average molecular weight is 500 g/mol. The van der Waals surface area contributed by atoms with Crippen LogP contribution in [0.2, 0.25) is 0 Å². The quantitative estimate of drug-likeness (QED) is 0.302. The minimum atomic E-state index is -0.636. The van der Waals surface area contributed by atoms with E-state index in [4.69, 9.17) is 24.5 Å². The van der Waals surface area contributed by atoms with E-state index in [1.165, 1.54) is 45.6 Å². The highest BCUT2D eigenvalue weighted by atomic mass is 16.5. The van der Waals surface area contributed by atoms with Gasteiger partial charge in [-0.1, -0.05) is 19.0 Å². The molecule has 11 heteroatoms. The standard InChI is InChI=1S/C25H29N3O8/c1-12(2)14-10-15(18(31)11-17(14)30)23-22(21(28-36-23)16(29)6-7-26)27-25(32)13-8-19(33-3)24(35-5)20(9-13)34-4/h8-12,30-31H,6-7,26H2,1-5H3,(H,27,32). The smallest absolute Gasteiger partial charge is 0.256 e. The van der Waals surface area contributed by atoms with Gasteiger partial charge in [-0.25, -0.2) is 0 Å². The van der Waals surface area contributed by atoms with Crippen molar-refractivity contribution in [2.75, 3.05) is 33.2 Å². The number of rotatable bonds is 10. The molecule has 2 aromatic carbocycles. The molecule has 0 spiro atoms. The Morgan fingerprint density at radius 2 is 1.67 bits per heavy atom. The molecular formula is C25H29N3O8. The highest BCUT2D eigenvalue weighted by Crippen LogP contribution is 2.43. The van der Waals surface area contributed by atoms with Crippen molar-refractivity contribution < 1.29 is 38.5 Å². The fourth-order valence-electron chi connectivity index (χ4n) is 3.67. The minimum absolute atomic E-state index is 0.0438. The van der Waals surface area contributed by atoms with E-state index in [2.05, 4.69) is 10.5 Å². The van der Waals surface area contributed by atoms with Gasteiger partial charge < -0.3 is 40.0 Å². The predicted molar refractivity (Wildman–Crippen MR) is 131 cm³/mol. The van der Waals surface area contributed by atoms with E-state index in [1.807, 2.05) is 13.8 Å². The number of carbonyl (C=O) groups is 2. The SMILES string of the molecule is COc1cc(C(=O)Nc2c(C(=O)CCN)noc2-c2cc(C(C)C)c(O)cc2O)cc(OC)c1OC. The van der Waals surface area contributed by atoms with E-state index in [1.54, 1.807) is 0 Å². The fraction of sp³-hybridized carbons (Fsp3) is 0.320. The van der Waals surface area contributed by atoms with Gasteiger partial charge in [-0.3, -0.25) is 9.59 Å². The van der Waals surface area contributed by atoms with E-state index < -0.39 is 11.7 Å². The maximum Gasteiger partial charge on any atom is 0.256 e. The average Bonchev–Trinajstić information content (AvgIpc) is 3.26. The molecule has 3 rings (SSSR count). The number of Topliss-reactive ketones (excluding diaryl/α,β-unsaturated/α-hetero) is 1. The number of phenols is 2. The van der Waals surface area contributed by atoms with Crippen LogP contribution >= 0.6 is 0 Å². The first kappa shape index (κ1) is 26.4. The highest BCUT2D eigenvalue weighted by Gasteiger charge is 2.28. The summed E-state index contributed by atoms with van der Waals surface area (Å²) in [6.45, 7) is 3.78. The van der Waals surface area contributed by atoms with Gasteiger partial charge in [-0.15, -0.1) is 0 Å². The normalized spacial score (nSPS) is 10.9. The third-order valence-corrected chi connectivity index (χ3v) is 5.50. The summed E-state index contributed by atoms with van der Waals surface area (Å²) in [4.78, 5) is 26.0. The van der Waals surface area contributed by atoms with Gasteiger partial charge in [-0.05, 0) is 36.2 Å². The van der Waals surface area contributed by atoms with Crippen LogP contribution in [0.1, 0.15) is 52.6 Å². The third-order valence-electron chi connectivity index (χ3n) is 5.50. The largest absolute Gasteiger partial charge is 0.508 e. The van der Waals surface area contributed by atoms with Gasteiger partial charge in [0.05, 0.1) is 26.9 Å². The maximum atomic E-state index is 13.3. The van der Waals surface area contributed by atoms with E-state index in [-0.39, 0.29) is 70.1 Å². The number of nitrogens with zero attached hydrogens (tertiary/aromatic N) is 1.